The summed E-state index contributed by atoms with van der Waals surface area (Å²) in [7, 11) is 0. The lowest BCUT2D eigenvalue weighted by Crippen LogP contribution is -2.25. The molecular formula is C13H19NO3. The summed E-state index contributed by atoms with van der Waals surface area (Å²) in [6.45, 7) is 5.19. The highest BCUT2D eigenvalue weighted by Crippen LogP contribution is 2.37. The van der Waals surface area contributed by atoms with Crippen LogP contribution in [0.1, 0.15) is 32.3 Å². The van der Waals surface area contributed by atoms with E-state index < -0.39 is 0 Å². The predicted molar refractivity (Wildman–Crippen MR) is 65.4 cm³/mol. The third-order valence-electron chi connectivity index (χ3n) is 2.94. The van der Waals surface area contributed by atoms with E-state index in [2.05, 4.69) is 19.2 Å². The minimum absolute atomic E-state index is 0.234. The molecule has 1 aromatic carbocycles. The Bertz CT molecular complexity index is 392. The van der Waals surface area contributed by atoms with Gasteiger partial charge in [0, 0.05) is 24.2 Å². The number of fused-ring (bicyclic) bond motifs is 1. The second kappa shape index (κ2) is 5.27. The van der Waals surface area contributed by atoms with E-state index in [0.29, 0.717) is 24.1 Å². The molecule has 0 aromatic heterocycles. The highest BCUT2D eigenvalue weighted by Gasteiger charge is 2.16. The molecule has 1 aliphatic heterocycles. The van der Waals surface area contributed by atoms with E-state index in [9.17, 15) is 5.11 Å². The van der Waals surface area contributed by atoms with Gasteiger partial charge < -0.3 is 19.9 Å². The summed E-state index contributed by atoms with van der Waals surface area (Å²) >= 11 is 0. The summed E-state index contributed by atoms with van der Waals surface area (Å²) in [6.07, 6.45) is 2.28. The van der Waals surface area contributed by atoms with Gasteiger partial charge in [-0.25, -0.2) is 0 Å². The normalized spacial score (nSPS) is 14.9. The number of aromatic hydroxyl groups is 1. The van der Waals surface area contributed by atoms with Crippen LogP contribution >= 0.6 is 0 Å². The number of hydrogen-bond donors (Lipinski definition) is 2. The summed E-state index contributed by atoms with van der Waals surface area (Å²) in [5.41, 5.74) is 0.845. The Morgan fingerprint density at radius 1 is 1.35 bits per heavy atom. The second-order valence-corrected chi connectivity index (χ2v) is 4.40. The number of benzene rings is 1. The minimum Gasteiger partial charge on any atom is -0.507 e. The van der Waals surface area contributed by atoms with Gasteiger partial charge >= 0.3 is 0 Å². The van der Waals surface area contributed by atoms with Crippen molar-refractivity contribution in [2.75, 3.05) is 6.79 Å². The Hall–Kier alpha value is -1.42. The maximum Gasteiger partial charge on any atom is 0.231 e. The topological polar surface area (TPSA) is 50.7 Å². The van der Waals surface area contributed by atoms with E-state index in [-0.39, 0.29) is 12.5 Å². The zero-order chi connectivity index (χ0) is 12.3. The molecule has 0 aliphatic carbocycles. The molecule has 4 nitrogen and oxygen atoms in total. The highest BCUT2D eigenvalue weighted by molar-refractivity contribution is 5.51. The maximum absolute atomic E-state index is 9.84. The van der Waals surface area contributed by atoms with Crippen LogP contribution < -0.4 is 14.8 Å². The fourth-order valence-electron chi connectivity index (χ4n) is 1.93. The van der Waals surface area contributed by atoms with Crippen molar-refractivity contribution in [1.29, 1.82) is 0 Å². The lowest BCUT2D eigenvalue weighted by Gasteiger charge is -2.13. The number of phenolic OH excluding ortho intramolecular Hbond substituents is 1. The van der Waals surface area contributed by atoms with Crippen molar-refractivity contribution in [3.8, 4) is 17.2 Å². The van der Waals surface area contributed by atoms with Gasteiger partial charge in [-0.1, -0.05) is 13.3 Å². The SMILES string of the molecule is CCCC(C)NCc1cc2c(cc1O)OCO2. The van der Waals surface area contributed by atoms with Crippen molar-refractivity contribution in [3.63, 3.8) is 0 Å². The molecule has 0 bridgehead atoms. The van der Waals surface area contributed by atoms with Crippen LogP contribution in [0.4, 0.5) is 0 Å². The molecule has 0 amide bonds. The Labute approximate surface area is 102 Å². The van der Waals surface area contributed by atoms with Gasteiger partial charge in [0.2, 0.25) is 6.79 Å². The molecule has 0 saturated heterocycles. The Kier molecular flexibility index (Phi) is 3.74. The average molecular weight is 237 g/mol. The first kappa shape index (κ1) is 12.0. The van der Waals surface area contributed by atoms with Gasteiger partial charge in [0.25, 0.3) is 0 Å². The van der Waals surface area contributed by atoms with E-state index >= 15 is 0 Å². The first-order valence-electron chi connectivity index (χ1n) is 6.05. The molecule has 1 atom stereocenters. The number of hydrogen-bond acceptors (Lipinski definition) is 4. The molecule has 0 fully saturated rings. The molecule has 0 saturated carbocycles. The monoisotopic (exact) mass is 237 g/mol. The van der Waals surface area contributed by atoms with Crippen LogP contribution in [0.15, 0.2) is 12.1 Å². The molecule has 2 N–H and O–H groups in total. The van der Waals surface area contributed by atoms with Gasteiger partial charge in [0.05, 0.1) is 0 Å². The number of ether oxygens (including phenoxy) is 2. The van der Waals surface area contributed by atoms with Gasteiger partial charge in [-0.05, 0) is 19.4 Å². The van der Waals surface area contributed by atoms with Gasteiger partial charge in [0.1, 0.15) is 5.75 Å². The van der Waals surface area contributed by atoms with Crippen molar-refractivity contribution >= 4 is 0 Å². The molecule has 0 radical (unpaired) electrons. The molecule has 1 aromatic rings. The van der Waals surface area contributed by atoms with Crippen molar-refractivity contribution in [2.45, 2.75) is 39.3 Å². The van der Waals surface area contributed by atoms with Crippen LogP contribution in [0, 0.1) is 0 Å². The predicted octanol–water partition coefficient (Wildman–Crippen LogP) is 2.40. The highest BCUT2D eigenvalue weighted by atomic mass is 16.7. The first-order valence-corrected chi connectivity index (χ1v) is 6.05. The molecule has 17 heavy (non-hydrogen) atoms. The molecule has 4 heteroatoms. The fraction of sp³-hybridized carbons (Fsp3) is 0.538. The zero-order valence-corrected chi connectivity index (χ0v) is 10.3. The summed E-state index contributed by atoms with van der Waals surface area (Å²) in [4.78, 5) is 0. The molecule has 0 spiro atoms. The van der Waals surface area contributed by atoms with Crippen LogP contribution in [-0.2, 0) is 6.54 Å². The largest absolute Gasteiger partial charge is 0.507 e. The summed E-state index contributed by atoms with van der Waals surface area (Å²) < 4.78 is 10.5. The Morgan fingerprint density at radius 2 is 2.06 bits per heavy atom. The molecular weight excluding hydrogens is 218 g/mol. The molecule has 1 aliphatic rings. The maximum atomic E-state index is 9.84. The minimum atomic E-state index is 0.234. The van der Waals surface area contributed by atoms with Gasteiger partial charge in [-0.3, -0.25) is 0 Å². The fourth-order valence-corrected chi connectivity index (χ4v) is 1.93. The van der Waals surface area contributed by atoms with E-state index in [1.54, 1.807) is 6.07 Å². The van der Waals surface area contributed by atoms with Crippen molar-refractivity contribution in [3.05, 3.63) is 17.7 Å². The van der Waals surface area contributed by atoms with E-state index in [0.717, 1.165) is 18.4 Å². The quantitative estimate of drug-likeness (QED) is 0.825. The second-order valence-electron chi connectivity index (χ2n) is 4.40. The van der Waals surface area contributed by atoms with Crippen LogP contribution in [-0.4, -0.2) is 17.9 Å². The van der Waals surface area contributed by atoms with Crippen LogP contribution in [0.5, 0.6) is 17.2 Å². The molecule has 1 heterocycles. The van der Waals surface area contributed by atoms with Crippen LogP contribution in [0.25, 0.3) is 0 Å². The third kappa shape index (κ3) is 2.82. The average Bonchev–Trinajstić information content (AvgIpc) is 2.73. The summed E-state index contributed by atoms with van der Waals surface area (Å²) in [6, 6.07) is 3.90. The number of nitrogens with one attached hydrogen (secondary N) is 1. The third-order valence-corrected chi connectivity index (χ3v) is 2.94. The van der Waals surface area contributed by atoms with Crippen molar-refractivity contribution < 1.29 is 14.6 Å². The van der Waals surface area contributed by atoms with Gasteiger partial charge in [-0.2, -0.15) is 0 Å². The Balaban J connectivity index is 2.01. The number of phenols is 1. The van der Waals surface area contributed by atoms with Crippen molar-refractivity contribution in [1.82, 2.24) is 5.32 Å². The number of rotatable bonds is 5. The Morgan fingerprint density at radius 3 is 2.76 bits per heavy atom. The van der Waals surface area contributed by atoms with E-state index in [4.69, 9.17) is 9.47 Å². The first-order chi connectivity index (χ1) is 8.20. The van der Waals surface area contributed by atoms with E-state index in [1.807, 2.05) is 6.07 Å². The van der Waals surface area contributed by atoms with Gasteiger partial charge in [-0.15, -0.1) is 0 Å². The van der Waals surface area contributed by atoms with E-state index in [1.165, 1.54) is 0 Å². The standard InChI is InChI=1S/C13H19NO3/c1-3-4-9(2)14-7-10-5-12-13(6-11(10)15)17-8-16-12/h5-6,9,14-15H,3-4,7-8H2,1-2H3. The van der Waals surface area contributed by atoms with Crippen LogP contribution in [0.3, 0.4) is 0 Å². The summed E-state index contributed by atoms with van der Waals surface area (Å²) in [5.74, 6) is 1.58. The smallest absolute Gasteiger partial charge is 0.231 e. The summed E-state index contributed by atoms with van der Waals surface area (Å²) in [5, 5.41) is 13.2. The molecule has 1 unspecified atom stereocenters. The van der Waals surface area contributed by atoms with Crippen molar-refractivity contribution in [2.24, 2.45) is 0 Å². The zero-order valence-electron chi connectivity index (χ0n) is 10.3. The van der Waals surface area contributed by atoms with Gasteiger partial charge in [0.15, 0.2) is 11.5 Å². The van der Waals surface area contributed by atoms with Crippen LogP contribution in [0.2, 0.25) is 0 Å². The lowest BCUT2D eigenvalue weighted by molar-refractivity contribution is 0.174. The molecule has 2 rings (SSSR count). The molecule has 94 valence electrons. The lowest BCUT2D eigenvalue weighted by atomic mass is 10.1.